The van der Waals surface area contributed by atoms with Gasteiger partial charge in [-0.3, -0.25) is 0 Å². The van der Waals surface area contributed by atoms with Gasteiger partial charge in [-0.15, -0.1) is 0 Å². The fourth-order valence-electron chi connectivity index (χ4n) is 1.21. The lowest BCUT2D eigenvalue weighted by atomic mass is 10.1. The number of nitrogens with two attached hydrogens (primary N) is 1. The maximum atomic E-state index is 5.88. The molecule has 2 nitrogen and oxygen atoms in total. The summed E-state index contributed by atoms with van der Waals surface area (Å²) >= 11 is 0. The summed E-state index contributed by atoms with van der Waals surface area (Å²) in [6, 6.07) is 8.14. The van der Waals surface area contributed by atoms with Crippen LogP contribution in [-0.4, -0.2) is 6.61 Å². The minimum atomic E-state index is 0.149. The standard InChI is InChI=1S/C11H17NO/c1-3-11(12)9-5-7-10(8-6-9)13-4-2/h5-8,11H,3-4,12H2,1-2H3/t11-/m0/s1. The van der Waals surface area contributed by atoms with Crippen LogP contribution in [0, 0.1) is 0 Å². The molecule has 2 heteroatoms. The van der Waals surface area contributed by atoms with Crippen LogP contribution in [-0.2, 0) is 0 Å². The molecule has 1 aromatic carbocycles. The van der Waals surface area contributed by atoms with Crippen LogP contribution < -0.4 is 10.5 Å². The molecule has 0 unspecified atom stereocenters. The van der Waals surface area contributed by atoms with Crippen molar-refractivity contribution >= 4 is 0 Å². The van der Waals surface area contributed by atoms with E-state index in [0.717, 1.165) is 12.2 Å². The summed E-state index contributed by atoms with van der Waals surface area (Å²) in [5.41, 5.74) is 7.05. The van der Waals surface area contributed by atoms with Crippen LogP contribution in [0.3, 0.4) is 0 Å². The third-order valence-corrected chi connectivity index (χ3v) is 2.06. The highest BCUT2D eigenvalue weighted by Crippen LogP contribution is 2.17. The molecule has 1 aromatic rings. The highest BCUT2D eigenvalue weighted by Gasteiger charge is 2.02. The van der Waals surface area contributed by atoms with E-state index in [0.29, 0.717) is 6.61 Å². The first kappa shape index (κ1) is 10.1. The summed E-state index contributed by atoms with van der Waals surface area (Å²) in [4.78, 5) is 0. The molecule has 1 rings (SSSR count). The molecule has 0 heterocycles. The average molecular weight is 179 g/mol. The van der Waals surface area contributed by atoms with Crippen molar-refractivity contribution in [1.29, 1.82) is 0 Å². The SMILES string of the molecule is CCOc1ccc([C@@H](N)CC)cc1. The van der Waals surface area contributed by atoms with Gasteiger partial charge in [-0.05, 0) is 31.0 Å². The second-order valence-corrected chi connectivity index (χ2v) is 3.02. The average Bonchev–Trinajstić information content (AvgIpc) is 2.18. The van der Waals surface area contributed by atoms with E-state index in [1.165, 1.54) is 5.56 Å². The molecule has 72 valence electrons. The maximum absolute atomic E-state index is 5.88. The third-order valence-electron chi connectivity index (χ3n) is 2.06. The molecule has 0 radical (unpaired) electrons. The first-order valence-corrected chi connectivity index (χ1v) is 4.76. The smallest absolute Gasteiger partial charge is 0.119 e. The molecular formula is C11H17NO. The highest BCUT2D eigenvalue weighted by atomic mass is 16.5. The van der Waals surface area contributed by atoms with E-state index < -0.39 is 0 Å². The Hall–Kier alpha value is -1.02. The fourth-order valence-corrected chi connectivity index (χ4v) is 1.21. The third kappa shape index (κ3) is 2.74. The Morgan fingerprint density at radius 1 is 1.23 bits per heavy atom. The zero-order valence-electron chi connectivity index (χ0n) is 8.29. The molecular weight excluding hydrogens is 162 g/mol. The minimum absolute atomic E-state index is 0.149. The predicted molar refractivity (Wildman–Crippen MR) is 54.8 cm³/mol. The van der Waals surface area contributed by atoms with Crippen molar-refractivity contribution in [3.63, 3.8) is 0 Å². The number of hydrogen-bond donors (Lipinski definition) is 1. The molecule has 2 N–H and O–H groups in total. The Kier molecular flexibility index (Phi) is 3.77. The summed E-state index contributed by atoms with van der Waals surface area (Å²) in [6.45, 7) is 4.77. The highest BCUT2D eigenvalue weighted by molar-refractivity contribution is 5.28. The van der Waals surface area contributed by atoms with E-state index in [4.69, 9.17) is 10.5 Å². The van der Waals surface area contributed by atoms with Crippen LogP contribution in [0.1, 0.15) is 31.9 Å². The number of ether oxygens (including phenoxy) is 1. The van der Waals surface area contributed by atoms with E-state index in [-0.39, 0.29) is 6.04 Å². The second kappa shape index (κ2) is 4.87. The normalized spacial score (nSPS) is 12.5. The lowest BCUT2D eigenvalue weighted by Gasteiger charge is -2.09. The Morgan fingerprint density at radius 2 is 1.85 bits per heavy atom. The molecule has 0 saturated carbocycles. The molecule has 1 atom stereocenters. The van der Waals surface area contributed by atoms with Crippen LogP contribution in [0.25, 0.3) is 0 Å². The molecule has 0 aromatic heterocycles. The van der Waals surface area contributed by atoms with Gasteiger partial charge in [-0.1, -0.05) is 19.1 Å². The van der Waals surface area contributed by atoms with Gasteiger partial charge < -0.3 is 10.5 Å². The zero-order valence-corrected chi connectivity index (χ0v) is 8.29. The molecule has 0 saturated heterocycles. The quantitative estimate of drug-likeness (QED) is 0.770. The summed E-state index contributed by atoms with van der Waals surface area (Å²) in [7, 11) is 0. The molecule has 0 fully saturated rings. The van der Waals surface area contributed by atoms with E-state index in [2.05, 4.69) is 6.92 Å². The van der Waals surface area contributed by atoms with Gasteiger partial charge >= 0.3 is 0 Å². The molecule has 0 aliphatic rings. The molecule has 0 aliphatic heterocycles. The number of benzene rings is 1. The largest absolute Gasteiger partial charge is 0.494 e. The van der Waals surface area contributed by atoms with Crippen molar-refractivity contribution in [2.75, 3.05) is 6.61 Å². The van der Waals surface area contributed by atoms with Crippen LogP contribution >= 0.6 is 0 Å². The molecule has 13 heavy (non-hydrogen) atoms. The monoisotopic (exact) mass is 179 g/mol. The lowest BCUT2D eigenvalue weighted by molar-refractivity contribution is 0.340. The van der Waals surface area contributed by atoms with Gasteiger partial charge in [0.25, 0.3) is 0 Å². The second-order valence-electron chi connectivity index (χ2n) is 3.02. The van der Waals surface area contributed by atoms with Crippen molar-refractivity contribution in [2.45, 2.75) is 26.3 Å². The Balaban J connectivity index is 2.69. The Bertz CT molecular complexity index is 243. The topological polar surface area (TPSA) is 35.2 Å². The van der Waals surface area contributed by atoms with Crippen LogP contribution in [0.15, 0.2) is 24.3 Å². The van der Waals surface area contributed by atoms with Crippen molar-refractivity contribution in [1.82, 2.24) is 0 Å². The van der Waals surface area contributed by atoms with Crippen molar-refractivity contribution in [2.24, 2.45) is 5.73 Å². The van der Waals surface area contributed by atoms with Gasteiger partial charge in [0.2, 0.25) is 0 Å². The van der Waals surface area contributed by atoms with Crippen molar-refractivity contribution < 1.29 is 4.74 Å². The molecule has 0 spiro atoms. The van der Waals surface area contributed by atoms with Gasteiger partial charge in [-0.25, -0.2) is 0 Å². The number of hydrogen-bond acceptors (Lipinski definition) is 2. The summed E-state index contributed by atoms with van der Waals surface area (Å²) in [5.74, 6) is 0.912. The van der Waals surface area contributed by atoms with Gasteiger partial charge in [0.05, 0.1) is 6.61 Å². The fraction of sp³-hybridized carbons (Fsp3) is 0.455. The van der Waals surface area contributed by atoms with Crippen LogP contribution in [0.2, 0.25) is 0 Å². The van der Waals surface area contributed by atoms with Crippen molar-refractivity contribution in [3.8, 4) is 5.75 Å². The molecule has 0 amide bonds. The number of rotatable bonds is 4. The van der Waals surface area contributed by atoms with Gasteiger partial charge in [0.15, 0.2) is 0 Å². The van der Waals surface area contributed by atoms with E-state index in [9.17, 15) is 0 Å². The summed E-state index contributed by atoms with van der Waals surface area (Å²) in [5, 5.41) is 0. The summed E-state index contributed by atoms with van der Waals surface area (Å²) in [6.07, 6.45) is 0.966. The Morgan fingerprint density at radius 3 is 2.31 bits per heavy atom. The van der Waals surface area contributed by atoms with Crippen molar-refractivity contribution in [3.05, 3.63) is 29.8 Å². The van der Waals surface area contributed by atoms with Gasteiger partial charge in [-0.2, -0.15) is 0 Å². The summed E-state index contributed by atoms with van der Waals surface area (Å²) < 4.78 is 5.33. The predicted octanol–water partition coefficient (Wildman–Crippen LogP) is 2.50. The lowest BCUT2D eigenvalue weighted by Crippen LogP contribution is -2.08. The zero-order chi connectivity index (χ0) is 9.68. The van der Waals surface area contributed by atoms with E-state index in [1.54, 1.807) is 0 Å². The van der Waals surface area contributed by atoms with E-state index >= 15 is 0 Å². The maximum Gasteiger partial charge on any atom is 0.119 e. The van der Waals surface area contributed by atoms with E-state index in [1.807, 2.05) is 31.2 Å². The molecule has 0 aliphatic carbocycles. The Labute approximate surface area is 79.7 Å². The van der Waals surface area contributed by atoms with Crippen LogP contribution in [0.4, 0.5) is 0 Å². The minimum Gasteiger partial charge on any atom is -0.494 e. The van der Waals surface area contributed by atoms with Crippen LogP contribution in [0.5, 0.6) is 5.75 Å². The van der Waals surface area contributed by atoms with Gasteiger partial charge in [0, 0.05) is 6.04 Å². The first-order chi connectivity index (χ1) is 6.27. The molecule has 0 bridgehead atoms. The van der Waals surface area contributed by atoms with Gasteiger partial charge in [0.1, 0.15) is 5.75 Å². The first-order valence-electron chi connectivity index (χ1n) is 4.76.